The van der Waals surface area contributed by atoms with Crippen molar-refractivity contribution in [2.45, 2.75) is 0 Å². The standard InChI is InChI=1S/C12H9N7O2/c13-12-11(19(20)21)10(14-7-15-12)9-6-16-17-18(9)8-4-2-1-3-5-8/h1-7H,(H2,13,14,15). The van der Waals surface area contributed by atoms with Crippen LogP contribution in [0.15, 0.2) is 42.9 Å². The van der Waals surface area contributed by atoms with Gasteiger partial charge in [0, 0.05) is 0 Å². The first-order valence-electron chi connectivity index (χ1n) is 5.90. The van der Waals surface area contributed by atoms with Gasteiger partial charge in [-0.2, -0.15) is 0 Å². The van der Waals surface area contributed by atoms with Gasteiger partial charge in [0.1, 0.15) is 12.0 Å². The van der Waals surface area contributed by atoms with Gasteiger partial charge in [0.05, 0.1) is 16.8 Å². The van der Waals surface area contributed by atoms with Crippen molar-refractivity contribution >= 4 is 11.5 Å². The summed E-state index contributed by atoms with van der Waals surface area (Å²) in [7, 11) is 0. The van der Waals surface area contributed by atoms with Gasteiger partial charge in [-0.3, -0.25) is 10.1 Å². The largest absolute Gasteiger partial charge is 0.378 e. The molecular weight excluding hydrogens is 274 g/mol. The number of hydrogen-bond donors (Lipinski definition) is 1. The summed E-state index contributed by atoms with van der Waals surface area (Å²) in [6, 6.07) is 9.10. The van der Waals surface area contributed by atoms with E-state index in [1.54, 1.807) is 12.1 Å². The summed E-state index contributed by atoms with van der Waals surface area (Å²) in [5, 5.41) is 18.9. The molecule has 1 aromatic carbocycles. The van der Waals surface area contributed by atoms with Gasteiger partial charge in [-0.1, -0.05) is 23.4 Å². The smallest absolute Gasteiger partial charge is 0.338 e. The molecule has 0 aliphatic rings. The van der Waals surface area contributed by atoms with Crippen LogP contribution in [0.25, 0.3) is 17.1 Å². The lowest BCUT2D eigenvalue weighted by atomic mass is 10.2. The van der Waals surface area contributed by atoms with E-state index >= 15 is 0 Å². The molecular formula is C12H9N7O2. The number of nitrogens with two attached hydrogens (primary N) is 1. The number of nitrogens with zero attached hydrogens (tertiary/aromatic N) is 6. The Balaban J connectivity index is 2.22. The first-order valence-corrected chi connectivity index (χ1v) is 5.90. The molecule has 0 atom stereocenters. The van der Waals surface area contributed by atoms with Crippen molar-refractivity contribution in [2.75, 3.05) is 5.73 Å². The minimum Gasteiger partial charge on any atom is -0.378 e. The van der Waals surface area contributed by atoms with Gasteiger partial charge in [-0.15, -0.1) is 5.10 Å². The lowest BCUT2D eigenvalue weighted by Gasteiger charge is -2.06. The van der Waals surface area contributed by atoms with E-state index in [9.17, 15) is 10.1 Å². The highest BCUT2D eigenvalue weighted by Gasteiger charge is 2.25. The number of benzene rings is 1. The second kappa shape index (κ2) is 4.96. The Morgan fingerprint density at radius 3 is 2.67 bits per heavy atom. The average Bonchev–Trinajstić information content (AvgIpc) is 2.96. The van der Waals surface area contributed by atoms with E-state index in [2.05, 4.69) is 20.3 Å². The molecule has 104 valence electrons. The molecule has 21 heavy (non-hydrogen) atoms. The molecule has 9 heteroatoms. The average molecular weight is 283 g/mol. The fraction of sp³-hybridized carbons (Fsp3) is 0. The van der Waals surface area contributed by atoms with Crippen molar-refractivity contribution in [1.82, 2.24) is 25.0 Å². The van der Waals surface area contributed by atoms with Crippen LogP contribution in [0.2, 0.25) is 0 Å². The first-order chi connectivity index (χ1) is 10.2. The highest BCUT2D eigenvalue weighted by molar-refractivity contribution is 5.73. The molecule has 0 amide bonds. The van der Waals surface area contributed by atoms with Crippen LogP contribution in [0.3, 0.4) is 0 Å². The molecule has 2 heterocycles. The predicted octanol–water partition coefficient (Wildman–Crippen LogP) is 1.21. The van der Waals surface area contributed by atoms with Crippen LogP contribution < -0.4 is 5.73 Å². The fourth-order valence-electron chi connectivity index (χ4n) is 1.92. The van der Waals surface area contributed by atoms with E-state index < -0.39 is 4.92 Å². The van der Waals surface area contributed by atoms with Crippen molar-refractivity contribution in [2.24, 2.45) is 0 Å². The van der Waals surface area contributed by atoms with E-state index in [0.29, 0.717) is 11.4 Å². The van der Waals surface area contributed by atoms with Crippen LogP contribution in [0, 0.1) is 10.1 Å². The normalized spacial score (nSPS) is 10.5. The van der Waals surface area contributed by atoms with Gasteiger partial charge in [0.25, 0.3) is 0 Å². The second-order valence-electron chi connectivity index (χ2n) is 4.08. The molecule has 2 N–H and O–H groups in total. The highest BCUT2D eigenvalue weighted by Crippen LogP contribution is 2.31. The second-order valence-corrected chi connectivity index (χ2v) is 4.08. The lowest BCUT2D eigenvalue weighted by Crippen LogP contribution is -2.06. The predicted molar refractivity (Wildman–Crippen MR) is 73.5 cm³/mol. The molecule has 0 aliphatic carbocycles. The zero-order chi connectivity index (χ0) is 14.8. The molecule has 0 saturated heterocycles. The molecule has 0 radical (unpaired) electrons. The Hall–Kier alpha value is -3.36. The SMILES string of the molecule is Nc1ncnc(-c2cnnn2-c2ccccc2)c1[N+](=O)[O-]. The first kappa shape index (κ1) is 12.7. The zero-order valence-electron chi connectivity index (χ0n) is 10.6. The summed E-state index contributed by atoms with van der Waals surface area (Å²) in [4.78, 5) is 18.2. The van der Waals surface area contributed by atoms with Gasteiger partial charge in [0.15, 0.2) is 5.69 Å². The van der Waals surface area contributed by atoms with Crippen LogP contribution >= 0.6 is 0 Å². The number of para-hydroxylation sites is 1. The number of hydrogen-bond acceptors (Lipinski definition) is 7. The summed E-state index contributed by atoms with van der Waals surface area (Å²) >= 11 is 0. The van der Waals surface area contributed by atoms with Crippen molar-refractivity contribution in [3.8, 4) is 17.1 Å². The number of nitrogen functional groups attached to an aromatic ring is 1. The summed E-state index contributed by atoms with van der Waals surface area (Å²) < 4.78 is 1.45. The van der Waals surface area contributed by atoms with Crippen molar-refractivity contribution in [3.63, 3.8) is 0 Å². The minimum absolute atomic E-state index is 0.0707. The highest BCUT2D eigenvalue weighted by atomic mass is 16.6. The monoisotopic (exact) mass is 283 g/mol. The Morgan fingerprint density at radius 2 is 1.95 bits per heavy atom. The third kappa shape index (κ3) is 2.16. The molecule has 3 rings (SSSR count). The van der Waals surface area contributed by atoms with Crippen LogP contribution in [0.4, 0.5) is 11.5 Å². The fourth-order valence-corrected chi connectivity index (χ4v) is 1.92. The number of rotatable bonds is 3. The van der Waals surface area contributed by atoms with Crippen LogP contribution in [0.1, 0.15) is 0 Å². The number of anilines is 1. The molecule has 3 aromatic rings. The quantitative estimate of drug-likeness (QED) is 0.565. The van der Waals surface area contributed by atoms with Gasteiger partial charge >= 0.3 is 5.69 Å². The van der Waals surface area contributed by atoms with Gasteiger partial charge in [-0.25, -0.2) is 14.6 Å². The summed E-state index contributed by atoms with van der Waals surface area (Å²) in [5.74, 6) is -0.203. The summed E-state index contributed by atoms with van der Waals surface area (Å²) in [5.41, 5.74) is 6.35. The lowest BCUT2D eigenvalue weighted by molar-refractivity contribution is -0.383. The van der Waals surface area contributed by atoms with Crippen molar-refractivity contribution in [3.05, 3.63) is 53.0 Å². The molecule has 0 aliphatic heterocycles. The van der Waals surface area contributed by atoms with Crippen molar-refractivity contribution in [1.29, 1.82) is 0 Å². The topological polar surface area (TPSA) is 126 Å². The maximum atomic E-state index is 11.2. The Bertz CT molecular complexity index is 800. The third-order valence-electron chi connectivity index (χ3n) is 2.83. The molecule has 0 bridgehead atoms. The zero-order valence-corrected chi connectivity index (χ0v) is 10.6. The van der Waals surface area contributed by atoms with Crippen LogP contribution in [-0.4, -0.2) is 29.9 Å². The number of aromatic nitrogens is 5. The number of nitro groups is 1. The van der Waals surface area contributed by atoms with E-state index in [1.807, 2.05) is 18.2 Å². The Morgan fingerprint density at radius 1 is 1.19 bits per heavy atom. The van der Waals surface area contributed by atoms with Crippen LogP contribution in [-0.2, 0) is 0 Å². The third-order valence-corrected chi connectivity index (χ3v) is 2.83. The molecule has 2 aromatic heterocycles. The Kier molecular flexibility index (Phi) is 2.99. The van der Waals surface area contributed by atoms with Crippen molar-refractivity contribution < 1.29 is 4.92 Å². The summed E-state index contributed by atoms with van der Waals surface area (Å²) in [6.07, 6.45) is 2.56. The molecule has 0 spiro atoms. The van der Waals surface area contributed by atoms with E-state index in [-0.39, 0.29) is 17.2 Å². The molecule has 0 saturated carbocycles. The van der Waals surface area contributed by atoms with Gasteiger partial charge in [-0.05, 0) is 12.1 Å². The van der Waals surface area contributed by atoms with Gasteiger partial charge in [0.2, 0.25) is 5.82 Å². The maximum absolute atomic E-state index is 11.2. The molecule has 0 fully saturated rings. The molecule has 9 nitrogen and oxygen atoms in total. The molecule has 0 unspecified atom stereocenters. The van der Waals surface area contributed by atoms with E-state index in [1.165, 1.54) is 17.2 Å². The minimum atomic E-state index is -0.618. The van der Waals surface area contributed by atoms with Gasteiger partial charge < -0.3 is 5.73 Å². The van der Waals surface area contributed by atoms with E-state index in [0.717, 1.165) is 0 Å². The Labute approximate surface area is 118 Å². The van der Waals surface area contributed by atoms with E-state index in [4.69, 9.17) is 5.73 Å². The summed E-state index contributed by atoms with van der Waals surface area (Å²) in [6.45, 7) is 0. The maximum Gasteiger partial charge on any atom is 0.338 e. The van der Waals surface area contributed by atoms with Crippen LogP contribution in [0.5, 0.6) is 0 Å².